The number of rotatable bonds is 10. The van der Waals surface area contributed by atoms with Crippen LogP contribution < -0.4 is 14.9 Å². The molecule has 5 aromatic rings. The van der Waals surface area contributed by atoms with Crippen molar-refractivity contribution in [2.24, 2.45) is 5.10 Å². The maximum atomic E-state index is 12.7. The van der Waals surface area contributed by atoms with Crippen molar-refractivity contribution >= 4 is 22.9 Å². The van der Waals surface area contributed by atoms with E-state index in [4.69, 9.17) is 13.9 Å². The van der Waals surface area contributed by atoms with Gasteiger partial charge in [0.2, 0.25) is 0 Å². The molecule has 0 saturated heterocycles. The van der Waals surface area contributed by atoms with E-state index in [2.05, 4.69) is 48.0 Å². The lowest BCUT2D eigenvalue weighted by molar-refractivity contribution is 0.0923. The summed E-state index contributed by atoms with van der Waals surface area (Å²) >= 11 is 0. The first kappa shape index (κ1) is 26.8. The maximum absolute atomic E-state index is 12.7. The van der Waals surface area contributed by atoms with E-state index < -0.39 is 5.91 Å². The Labute approximate surface area is 234 Å². The number of aromatic nitrogens is 1. The van der Waals surface area contributed by atoms with E-state index in [1.165, 1.54) is 11.4 Å². The SMILES string of the molecule is CC[C@@H](C)Oc1ccc2ccccc2c1/C=N/NC(=O)c1ccc(COc2ccc(-n3c(C)ccc3C)cc2)o1. The van der Waals surface area contributed by atoms with Crippen LogP contribution in [0, 0.1) is 13.8 Å². The predicted octanol–water partition coefficient (Wildman–Crippen LogP) is 7.36. The first-order valence-electron chi connectivity index (χ1n) is 13.4. The standard InChI is InChI=1S/C33H33N3O4/c1-5-24(4)39-31-18-12-25-8-6-7-9-29(25)30(31)20-34-35-33(37)32-19-17-28(40-32)21-38-27-15-13-26(14-16-27)36-22(2)10-11-23(36)3/h6-20,24H,5,21H2,1-4H3,(H,35,37)/b34-20+/t24-/m1/s1. The van der Waals surface area contributed by atoms with Gasteiger partial charge in [-0.1, -0.05) is 37.3 Å². The lowest BCUT2D eigenvalue weighted by Gasteiger charge is -2.16. The molecular weight excluding hydrogens is 502 g/mol. The fourth-order valence-electron chi connectivity index (χ4n) is 4.52. The molecule has 40 heavy (non-hydrogen) atoms. The summed E-state index contributed by atoms with van der Waals surface area (Å²) in [4.78, 5) is 12.7. The van der Waals surface area contributed by atoms with Gasteiger partial charge in [-0.15, -0.1) is 0 Å². The number of nitrogens with zero attached hydrogens (tertiary/aromatic N) is 2. The van der Waals surface area contributed by atoms with E-state index in [0.29, 0.717) is 11.5 Å². The van der Waals surface area contributed by atoms with Crippen molar-refractivity contribution in [1.82, 2.24) is 9.99 Å². The average molecular weight is 536 g/mol. The molecule has 0 aliphatic heterocycles. The second-order valence-corrected chi connectivity index (χ2v) is 9.73. The van der Waals surface area contributed by atoms with Gasteiger partial charge in [0.25, 0.3) is 0 Å². The summed E-state index contributed by atoms with van der Waals surface area (Å²) in [7, 11) is 0. The maximum Gasteiger partial charge on any atom is 0.307 e. The van der Waals surface area contributed by atoms with E-state index in [-0.39, 0.29) is 18.5 Å². The minimum absolute atomic E-state index is 0.0531. The highest BCUT2D eigenvalue weighted by atomic mass is 16.5. The van der Waals surface area contributed by atoms with Gasteiger partial charge < -0.3 is 18.5 Å². The van der Waals surface area contributed by atoms with Gasteiger partial charge >= 0.3 is 5.91 Å². The third kappa shape index (κ3) is 5.94. The van der Waals surface area contributed by atoms with Gasteiger partial charge in [-0.25, -0.2) is 5.43 Å². The third-order valence-electron chi connectivity index (χ3n) is 6.83. The number of fused-ring (bicyclic) bond motifs is 1. The molecule has 0 fully saturated rings. The van der Waals surface area contributed by atoms with Gasteiger partial charge in [-0.2, -0.15) is 5.10 Å². The molecule has 1 amide bonds. The van der Waals surface area contributed by atoms with Gasteiger partial charge in [-0.05, 0) is 92.6 Å². The number of nitrogens with one attached hydrogen (secondary N) is 1. The van der Waals surface area contributed by atoms with E-state index in [9.17, 15) is 4.79 Å². The van der Waals surface area contributed by atoms with Gasteiger partial charge in [0.05, 0.1) is 12.3 Å². The molecule has 0 aliphatic carbocycles. The van der Waals surface area contributed by atoms with Crippen LogP contribution in [0.1, 0.15) is 53.5 Å². The van der Waals surface area contributed by atoms with Crippen LogP contribution in [0.3, 0.4) is 0 Å². The molecule has 7 heteroatoms. The van der Waals surface area contributed by atoms with Crippen molar-refractivity contribution in [2.45, 2.75) is 46.8 Å². The molecule has 5 rings (SSSR count). The number of hydrogen-bond acceptors (Lipinski definition) is 5. The zero-order valence-corrected chi connectivity index (χ0v) is 23.2. The summed E-state index contributed by atoms with van der Waals surface area (Å²) < 4.78 is 19.9. The number of aryl methyl sites for hydroxylation is 2. The number of carbonyl (C=O) groups is 1. The Morgan fingerprint density at radius 2 is 1.73 bits per heavy atom. The molecule has 0 radical (unpaired) electrons. The number of ether oxygens (including phenoxy) is 2. The number of hydrogen-bond donors (Lipinski definition) is 1. The van der Waals surface area contributed by atoms with Gasteiger partial charge in [-0.3, -0.25) is 4.79 Å². The minimum Gasteiger partial charge on any atom is -0.490 e. The number of amides is 1. The number of hydrazone groups is 1. The monoisotopic (exact) mass is 535 g/mol. The van der Waals surface area contributed by atoms with Crippen LogP contribution in [-0.4, -0.2) is 22.8 Å². The van der Waals surface area contributed by atoms with Crippen LogP contribution in [-0.2, 0) is 6.61 Å². The van der Waals surface area contributed by atoms with Crippen LogP contribution >= 0.6 is 0 Å². The minimum atomic E-state index is -0.450. The lowest BCUT2D eigenvalue weighted by atomic mass is 10.0. The Morgan fingerprint density at radius 1 is 0.975 bits per heavy atom. The fourth-order valence-corrected chi connectivity index (χ4v) is 4.52. The van der Waals surface area contributed by atoms with Crippen LogP contribution in [0.25, 0.3) is 16.5 Å². The second-order valence-electron chi connectivity index (χ2n) is 9.73. The van der Waals surface area contributed by atoms with Gasteiger partial charge in [0.1, 0.15) is 23.9 Å². The normalized spacial score (nSPS) is 12.1. The molecule has 1 N–H and O–H groups in total. The summed E-state index contributed by atoms with van der Waals surface area (Å²) in [6.45, 7) is 8.46. The zero-order chi connectivity index (χ0) is 28.1. The summed E-state index contributed by atoms with van der Waals surface area (Å²) in [6.07, 6.45) is 2.55. The first-order valence-corrected chi connectivity index (χ1v) is 13.4. The molecular formula is C33H33N3O4. The highest BCUT2D eigenvalue weighted by Gasteiger charge is 2.13. The van der Waals surface area contributed by atoms with Gasteiger partial charge in [0.15, 0.2) is 5.76 Å². The van der Waals surface area contributed by atoms with Crippen molar-refractivity contribution in [3.05, 3.63) is 113 Å². The number of furan rings is 1. The Hall–Kier alpha value is -4.78. The van der Waals surface area contributed by atoms with E-state index in [0.717, 1.165) is 34.2 Å². The summed E-state index contributed by atoms with van der Waals surface area (Å²) in [5.41, 5.74) is 6.79. The Kier molecular flexibility index (Phi) is 8.01. The molecule has 2 heterocycles. The summed E-state index contributed by atoms with van der Waals surface area (Å²) in [5, 5.41) is 6.26. The smallest absolute Gasteiger partial charge is 0.307 e. The molecule has 7 nitrogen and oxygen atoms in total. The van der Waals surface area contributed by atoms with E-state index in [1.54, 1.807) is 18.3 Å². The molecule has 204 valence electrons. The van der Waals surface area contributed by atoms with Crippen molar-refractivity contribution in [1.29, 1.82) is 0 Å². The van der Waals surface area contributed by atoms with Crippen molar-refractivity contribution in [2.75, 3.05) is 0 Å². The van der Waals surface area contributed by atoms with Crippen LogP contribution in [0.5, 0.6) is 11.5 Å². The van der Waals surface area contributed by atoms with Crippen molar-refractivity contribution < 1.29 is 18.7 Å². The molecule has 0 unspecified atom stereocenters. The van der Waals surface area contributed by atoms with Crippen molar-refractivity contribution in [3.8, 4) is 17.2 Å². The Balaban J connectivity index is 1.22. The van der Waals surface area contributed by atoms with Crippen LogP contribution in [0.15, 0.2) is 94.4 Å². The summed E-state index contributed by atoms with van der Waals surface area (Å²) in [5.74, 6) is 1.67. The summed E-state index contributed by atoms with van der Waals surface area (Å²) in [6, 6.07) is 27.4. The molecule has 0 aliphatic rings. The largest absolute Gasteiger partial charge is 0.490 e. The molecule has 1 atom stereocenters. The quantitative estimate of drug-likeness (QED) is 0.150. The topological polar surface area (TPSA) is 78.0 Å². The third-order valence-corrected chi connectivity index (χ3v) is 6.83. The number of carbonyl (C=O) groups excluding carboxylic acids is 1. The first-order chi connectivity index (χ1) is 19.4. The van der Waals surface area contributed by atoms with Crippen LogP contribution in [0.4, 0.5) is 0 Å². The zero-order valence-electron chi connectivity index (χ0n) is 23.2. The van der Waals surface area contributed by atoms with Crippen molar-refractivity contribution in [3.63, 3.8) is 0 Å². The average Bonchev–Trinajstić information content (AvgIpc) is 3.59. The Bertz CT molecular complexity index is 1630. The predicted molar refractivity (Wildman–Crippen MR) is 158 cm³/mol. The lowest BCUT2D eigenvalue weighted by Crippen LogP contribution is -2.17. The van der Waals surface area contributed by atoms with Gasteiger partial charge in [0, 0.05) is 22.6 Å². The number of benzene rings is 3. The van der Waals surface area contributed by atoms with Crippen LogP contribution in [0.2, 0.25) is 0 Å². The molecule has 0 spiro atoms. The molecule has 0 saturated carbocycles. The van der Waals surface area contributed by atoms with E-state index >= 15 is 0 Å². The fraction of sp³-hybridized carbons (Fsp3) is 0.212. The molecule has 2 aromatic heterocycles. The molecule has 0 bridgehead atoms. The highest BCUT2D eigenvalue weighted by Crippen LogP contribution is 2.28. The Morgan fingerprint density at radius 3 is 2.48 bits per heavy atom. The molecule has 3 aromatic carbocycles. The highest BCUT2D eigenvalue weighted by molar-refractivity contribution is 6.03. The second kappa shape index (κ2) is 11.9. The van der Waals surface area contributed by atoms with E-state index in [1.807, 2.05) is 67.6 Å².